The van der Waals surface area contributed by atoms with Gasteiger partial charge in [0.05, 0.1) is 0 Å². The average molecular weight is 280 g/mol. The number of hydrogen-bond donors (Lipinski definition) is 0. The van der Waals surface area contributed by atoms with Gasteiger partial charge in [-0.15, -0.1) is 0 Å². The molecular formula is C16H24O2S. The summed E-state index contributed by atoms with van der Waals surface area (Å²) in [5.41, 5.74) is 2.84. The highest BCUT2D eigenvalue weighted by Crippen LogP contribution is 2.40. The Bertz CT molecular complexity index is 453. The fourth-order valence-electron chi connectivity index (χ4n) is 2.53. The van der Waals surface area contributed by atoms with Gasteiger partial charge in [0.25, 0.3) is 0 Å². The Labute approximate surface area is 119 Å². The highest BCUT2D eigenvalue weighted by molar-refractivity contribution is 7.84. The molecule has 0 heterocycles. The molecule has 2 nitrogen and oxygen atoms in total. The first kappa shape index (κ1) is 16.1. The Morgan fingerprint density at radius 2 is 2.05 bits per heavy atom. The topological polar surface area (TPSA) is 34.1 Å². The van der Waals surface area contributed by atoms with Gasteiger partial charge in [0.15, 0.2) is 5.78 Å². The lowest BCUT2D eigenvalue weighted by Crippen LogP contribution is -2.19. The van der Waals surface area contributed by atoms with E-state index >= 15 is 0 Å². The van der Waals surface area contributed by atoms with Gasteiger partial charge in [0, 0.05) is 22.8 Å². The van der Waals surface area contributed by atoms with Crippen LogP contribution >= 0.6 is 0 Å². The summed E-state index contributed by atoms with van der Waals surface area (Å²) in [7, 11) is -0.881. The molecule has 0 aliphatic heterocycles. The first-order valence-corrected chi connectivity index (χ1v) is 8.44. The minimum atomic E-state index is -0.881. The van der Waals surface area contributed by atoms with Gasteiger partial charge in [-0.3, -0.25) is 9.00 Å². The molecule has 0 saturated carbocycles. The Morgan fingerprint density at radius 3 is 2.63 bits per heavy atom. The zero-order valence-corrected chi connectivity index (χ0v) is 13.2. The first-order valence-electron chi connectivity index (χ1n) is 6.72. The summed E-state index contributed by atoms with van der Waals surface area (Å²) in [5, 5.41) is 0. The van der Waals surface area contributed by atoms with Crippen molar-refractivity contribution in [2.75, 3.05) is 12.0 Å². The molecule has 0 aromatic carbocycles. The van der Waals surface area contributed by atoms with Crippen molar-refractivity contribution in [1.29, 1.82) is 0 Å². The average Bonchev–Trinajstić information content (AvgIpc) is 2.26. The number of rotatable bonds is 5. The summed E-state index contributed by atoms with van der Waals surface area (Å²) in [6.45, 7) is 6.62. The van der Waals surface area contributed by atoms with Crippen molar-refractivity contribution >= 4 is 16.6 Å². The van der Waals surface area contributed by atoms with Crippen LogP contribution in [0.1, 0.15) is 40.0 Å². The number of carbonyl (C=O) groups is 1. The SMILES string of the molecule is CC1=C(/C=C/C(=O)/C=C/CS(C)=O)C(C)(C)CCC1. The zero-order chi connectivity index (χ0) is 14.5. The smallest absolute Gasteiger partial charge is 0.178 e. The van der Waals surface area contributed by atoms with Gasteiger partial charge < -0.3 is 0 Å². The lowest BCUT2D eigenvalue weighted by molar-refractivity contribution is -0.110. The van der Waals surface area contributed by atoms with Crippen LogP contribution in [-0.2, 0) is 15.6 Å². The second-order valence-corrected chi connectivity index (χ2v) is 7.29. The molecule has 0 bridgehead atoms. The molecule has 19 heavy (non-hydrogen) atoms. The normalized spacial score (nSPS) is 21.3. The summed E-state index contributed by atoms with van der Waals surface area (Å²) >= 11 is 0. The van der Waals surface area contributed by atoms with Crippen LogP contribution in [0.5, 0.6) is 0 Å². The second kappa shape index (κ2) is 6.99. The van der Waals surface area contributed by atoms with E-state index in [2.05, 4.69) is 20.8 Å². The largest absolute Gasteiger partial charge is 0.290 e. The predicted octanol–water partition coefficient (Wildman–Crippen LogP) is 3.57. The van der Waals surface area contributed by atoms with Gasteiger partial charge in [-0.05, 0) is 49.3 Å². The van der Waals surface area contributed by atoms with Crippen molar-refractivity contribution in [2.24, 2.45) is 5.41 Å². The second-order valence-electron chi connectivity index (χ2n) is 5.81. The van der Waals surface area contributed by atoms with E-state index in [1.807, 2.05) is 6.08 Å². The van der Waals surface area contributed by atoms with Crippen LogP contribution in [0.3, 0.4) is 0 Å². The molecule has 0 radical (unpaired) electrons. The summed E-state index contributed by atoms with van der Waals surface area (Å²) in [6, 6.07) is 0. The summed E-state index contributed by atoms with van der Waals surface area (Å²) in [5.74, 6) is 0.402. The van der Waals surface area contributed by atoms with Gasteiger partial charge in [-0.2, -0.15) is 0 Å². The molecule has 1 atom stereocenters. The third-order valence-corrected chi connectivity index (χ3v) is 4.23. The fourth-order valence-corrected chi connectivity index (χ4v) is 2.90. The number of ketones is 1. The Kier molecular flexibility index (Phi) is 5.92. The molecule has 0 amide bonds. The molecule has 1 unspecified atom stereocenters. The van der Waals surface area contributed by atoms with Crippen molar-refractivity contribution in [1.82, 2.24) is 0 Å². The van der Waals surface area contributed by atoms with Crippen molar-refractivity contribution in [3.05, 3.63) is 35.5 Å². The van der Waals surface area contributed by atoms with Gasteiger partial charge >= 0.3 is 0 Å². The summed E-state index contributed by atoms with van der Waals surface area (Å²) in [4.78, 5) is 11.7. The van der Waals surface area contributed by atoms with Gasteiger partial charge in [-0.1, -0.05) is 31.6 Å². The lowest BCUT2D eigenvalue weighted by Gasteiger charge is -2.32. The van der Waals surface area contributed by atoms with E-state index in [0.29, 0.717) is 5.75 Å². The van der Waals surface area contributed by atoms with Crippen molar-refractivity contribution in [3.63, 3.8) is 0 Å². The molecule has 0 saturated heterocycles. The highest BCUT2D eigenvalue weighted by atomic mass is 32.2. The molecule has 3 heteroatoms. The third-order valence-electron chi connectivity index (χ3n) is 3.57. The maximum Gasteiger partial charge on any atom is 0.178 e. The number of carbonyl (C=O) groups excluding carboxylic acids is 1. The molecule has 106 valence electrons. The van der Waals surface area contributed by atoms with Crippen LogP contribution < -0.4 is 0 Å². The Morgan fingerprint density at radius 1 is 1.37 bits per heavy atom. The van der Waals surface area contributed by atoms with Crippen molar-refractivity contribution < 1.29 is 9.00 Å². The van der Waals surface area contributed by atoms with Crippen molar-refractivity contribution in [2.45, 2.75) is 40.0 Å². The van der Waals surface area contributed by atoms with E-state index in [0.717, 1.165) is 6.42 Å². The molecule has 1 aliphatic rings. The van der Waals surface area contributed by atoms with E-state index in [-0.39, 0.29) is 11.2 Å². The standard InChI is InChI=1S/C16H24O2S/c1-13-7-5-11-16(2,3)15(13)10-9-14(17)8-6-12-19(4)18/h6,8-10H,5,7,11-12H2,1-4H3/b8-6+,10-9+. The van der Waals surface area contributed by atoms with Crippen molar-refractivity contribution in [3.8, 4) is 0 Å². The quantitative estimate of drug-likeness (QED) is 0.721. The van der Waals surface area contributed by atoms with Gasteiger partial charge in [-0.25, -0.2) is 0 Å². The lowest BCUT2D eigenvalue weighted by atomic mass is 9.72. The first-order chi connectivity index (χ1) is 8.83. The minimum absolute atomic E-state index is 0.0351. The molecule has 0 aromatic heterocycles. The van der Waals surface area contributed by atoms with E-state index in [4.69, 9.17) is 0 Å². The van der Waals surface area contributed by atoms with Crippen LogP contribution in [0.4, 0.5) is 0 Å². The molecule has 0 spiro atoms. The van der Waals surface area contributed by atoms with Gasteiger partial charge in [0.1, 0.15) is 0 Å². The van der Waals surface area contributed by atoms with Gasteiger partial charge in [0.2, 0.25) is 0 Å². The zero-order valence-electron chi connectivity index (χ0n) is 12.4. The highest BCUT2D eigenvalue weighted by Gasteiger charge is 2.26. The Balaban J connectivity index is 2.72. The monoisotopic (exact) mass is 280 g/mol. The molecule has 1 rings (SSSR count). The van der Waals surface area contributed by atoms with Crippen LogP contribution in [0.15, 0.2) is 35.5 Å². The van der Waals surface area contributed by atoms with E-state index in [9.17, 15) is 9.00 Å². The molecule has 0 fully saturated rings. The summed E-state index contributed by atoms with van der Waals surface area (Å²) in [6.07, 6.45) is 11.9. The van der Waals surface area contributed by atoms with Crippen LogP contribution in [-0.4, -0.2) is 22.0 Å². The molecular weight excluding hydrogens is 256 g/mol. The molecule has 0 aromatic rings. The maximum atomic E-state index is 11.7. The van der Waals surface area contributed by atoms with Crippen LogP contribution in [0.25, 0.3) is 0 Å². The predicted molar refractivity (Wildman–Crippen MR) is 82.6 cm³/mol. The van der Waals surface area contributed by atoms with E-state index in [1.165, 1.54) is 30.1 Å². The number of hydrogen-bond acceptors (Lipinski definition) is 2. The van der Waals surface area contributed by atoms with Crippen LogP contribution in [0.2, 0.25) is 0 Å². The summed E-state index contributed by atoms with van der Waals surface area (Å²) < 4.78 is 10.9. The van der Waals surface area contributed by atoms with E-state index in [1.54, 1.807) is 18.4 Å². The van der Waals surface area contributed by atoms with Crippen LogP contribution in [0, 0.1) is 5.41 Å². The Hall–Kier alpha value is -0.960. The number of allylic oxidation sites excluding steroid dienone is 5. The fraction of sp³-hybridized carbons (Fsp3) is 0.562. The molecule has 0 N–H and O–H groups in total. The molecule has 1 aliphatic carbocycles. The maximum absolute atomic E-state index is 11.7. The minimum Gasteiger partial charge on any atom is -0.290 e. The van der Waals surface area contributed by atoms with E-state index < -0.39 is 10.8 Å². The third kappa shape index (κ3) is 5.27.